The van der Waals surface area contributed by atoms with Gasteiger partial charge in [0.15, 0.2) is 5.96 Å². The first kappa shape index (κ1) is 22.1. The molecule has 1 amide bonds. The number of amides is 1. The van der Waals surface area contributed by atoms with Crippen molar-refractivity contribution in [1.82, 2.24) is 15.5 Å². The fourth-order valence-electron chi connectivity index (χ4n) is 3.56. The van der Waals surface area contributed by atoms with Gasteiger partial charge in [-0.2, -0.15) is 0 Å². The molecule has 0 bridgehead atoms. The van der Waals surface area contributed by atoms with E-state index >= 15 is 0 Å². The van der Waals surface area contributed by atoms with Crippen LogP contribution in [0.1, 0.15) is 45.1 Å². The minimum absolute atomic E-state index is 0.0222. The molecule has 2 N–H and O–H groups in total. The standard InChI is InChI=1S/C22H36N4O2/c1-22(2,18-8-6-7-9-18)16-25-21(24-15-20(27)26(3)4)23-14-17-10-12-19(28-5)13-11-17/h10-13,18H,6-9,14-16H2,1-5H3,(H2,23,24,25). The highest BCUT2D eigenvalue weighted by atomic mass is 16.5. The van der Waals surface area contributed by atoms with Crippen molar-refractivity contribution in [3.05, 3.63) is 29.8 Å². The van der Waals surface area contributed by atoms with Gasteiger partial charge in [0, 0.05) is 20.6 Å². The predicted molar refractivity (Wildman–Crippen MR) is 115 cm³/mol. The summed E-state index contributed by atoms with van der Waals surface area (Å²) in [5, 5.41) is 6.65. The van der Waals surface area contributed by atoms with Crippen LogP contribution in [0.2, 0.25) is 0 Å². The molecule has 28 heavy (non-hydrogen) atoms. The zero-order chi connectivity index (χ0) is 20.6. The molecule has 6 heteroatoms. The fraction of sp³-hybridized carbons (Fsp3) is 0.636. The number of methoxy groups -OCH3 is 1. The average Bonchev–Trinajstić information content (AvgIpc) is 3.23. The number of carbonyl (C=O) groups is 1. The Morgan fingerprint density at radius 2 is 1.82 bits per heavy atom. The number of rotatable bonds is 8. The third kappa shape index (κ3) is 6.73. The summed E-state index contributed by atoms with van der Waals surface area (Å²) in [5.41, 5.74) is 1.29. The van der Waals surface area contributed by atoms with Crippen LogP contribution in [0, 0.1) is 11.3 Å². The van der Waals surface area contributed by atoms with Crippen LogP contribution in [0.4, 0.5) is 0 Å². The molecule has 1 aliphatic rings. The molecule has 1 saturated carbocycles. The van der Waals surface area contributed by atoms with Gasteiger partial charge in [-0.3, -0.25) is 4.79 Å². The van der Waals surface area contributed by atoms with E-state index in [0.717, 1.165) is 23.8 Å². The summed E-state index contributed by atoms with van der Waals surface area (Å²) < 4.78 is 5.20. The Hall–Kier alpha value is -2.24. The Kier molecular flexibility index (Phi) is 8.15. The highest BCUT2D eigenvalue weighted by molar-refractivity contribution is 5.86. The fourth-order valence-corrected chi connectivity index (χ4v) is 3.56. The smallest absolute Gasteiger partial charge is 0.241 e. The molecule has 0 aliphatic heterocycles. The minimum Gasteiger partial charge on any atom is -0.497 e. The Labute approximate surface area is 169 Å². The Morgan fingerprint density at radius 3 is 2.39 bits per heavy atom. The van der Waals surface area contributed by atoms with Gasteiger partial charge in [-0.25, -0.2) is 4.99 Å². The molecule has 1 aliphatic carbocycles. The molecule has 1 fully saturated rings. The molecule has 1 aromatic carbocycles. The second-order valence-corrected chi connectivity index (χ2v) is 8.48. The average molecular weight is 389 g/mol. The van der Waals surface area contributed by atoms with Crippen LogP contribution < -0.4 is 15.4 Å². The molecule has 1 aromatic rings. The zero-order valence-electron chi connectivity index (χ0n) is 18.0. The summed E-state index contributed by atoms with van der Waals surface area (Å²) in [5.74, 6) is 2.27. The van der Waals surface area contributed by atoms with Crippen molar-refractivity contribution in [3.8, 4) is 5.75 Å². The van der Waals surface area contributed by atoms with Crippen LogP contribution in [-0.4, -0.2) is 51.1 Å². The van der Waals surface area contributed by atoms with Crippen molar-refractivity contribution >= 4 is 11.9 Å². The van der Waals surface area contributed by atoms with Crippen molar-refractivity contribution in [1.29, 1.82) is 0 Å². The van der Waals surface area contributed by atoms with E-state index in [1.807, 2.05) is 24.3 Å². The number of hydrogen-bond acceptors (Lipinski definition) is 3. The largest absolute Gasteiger partial charge is 0.497 e. The lowest BCUT2D eigenvalue weighted by Crippen LogP contribution is -2.46. The van der Waals surface area contributed by atoms with E-state index in [-0.39, 0.29) is 17.9 Å². The number of aliphatic imine (C=N–C) groups is 1. The van der Waals surface area contributed by atoms with Gasteiger partial charge in [0.25, 0.3) is 0 Å². The third-order valence-electron chi connectivity index (χ3n) is 5.66. The van der Waals surface area contributed by atoms with Crippen LogP contribution in [0.25, 0.3) is 0 Å². The summed E-state index contributed by atoms with van der Waals surface area (Å²) in [6.45, 7) is 6.25. The highest BCUT2D eigenvalue weighted by Crippen LogP contribution is 2.38. The molecule has 0 heterocycles. The molecule has 156 valence electrons. The molecule has 0 atom stereocenters. The SMILES string of the molecule is COc1ccc(CN=C(NCC(=O)N(C)C)NCC(C)(C)C2CCCC2)cc1. The molecule has 0 aromatic heterocycles. The molecule has 2 rings (SSSR count). The van der Waals surface area contributed by atoms with E-state index in [2.05, 4.69) is 24.5 Å². The molecule has 6 nitrogen and oxygen atoms in total. The lowest BCUT2D eigenvalue weighted by Gasteiger charge is -2.32. The lowest BCUT2D eigenvalue weighted by molar-refractivity contribution is -0.127. The van der Waals surface area contributed by atoms with Crippen LogP contribution in [0.3, 0.4) is 0 Å². The predicted octanol–water partition coefficient (Wildman–Crippen LogP) is 3.04. The van der Waals surface area contributed by atoms with Crippen molar-refractivity contribution < 1.29 is 9.53 Å². The summed E-state index contributed by atoms with van der Waals surface area (Å²) in [4.78, 5) is 18.2. The van der Waals surface area contributed by atoms with Crippen molar-refractivity contribution in [2.24, 2.45) is 16.3 Å². The Bertz CT molecular complexity index is 647. The van der Waals surface area contributed by atoms with E-state index in [1.54, 1.807) is 26.1 Å². The number of hydrogen-bond donors (Lipinski definition) is 2. The maximum Gasteiger partial charge on any atom is 0.241 e. The van der Waals surface area contributed by atoms with Crippen LogP contribution in [0.5, 0.6) is 5.75 Å². The number of nitrogens with one attached hydrogen (secondary N) is 2. The van der Waals surface area contributed by atoms with E-state index < -0.39 is 0 Å². The molecule has 0 spiro atoms. The van der Waals surface area contributed by atoms with Gasteiger partial charge in [-0.05, 0) is 41.9 Å². The van der Waals surface area contributed by atoms with E-state index in [1.165, 1.54) is 25.7 Å². The summed E-state index contributed by atoms with van der Waals surface area (Å²) in [6, 6.07) is 7.88. The maximum absolute atomic E-state index is 12.0. The van der Waals surface area contributed by atoms with Gasteiger partial charge < -0.3 is 20.3 Å². The Balaban J connectivity index is 2.00. The highest BCUT2D eigenvalue weighted by Gasteiger charge is 2.31. The first-order valence-corrected chi connectivity index (χ1v) is 10.2. The summed E-state index contributed by atoms with van der Waals surface area (Å²) in [6.07, 6.45) is 5.28. The van der Waals surface area contributed by atoms with Crippen LogP contribution in [-0.2, 0) is 11.3 Å². The maximum atomic E-state index is 12.0. The van der Waals surface area contributed by atoms with Gasteiger partial charge in [0.05, 0.1) is 20.2 Å². The quantitative estimate of drug-likeness (QED) is 0.531. The van der Waals surface area contributed by atoms with Crippen molar-refractivity contribution in [2.45, 2.75) is 46.1 Å². The van der Waals surface area contributed by atoms with Gasteiger partial charge in [0.1, 0.15) is 5.75 Å². The van der Waals surface area contributed by atoms with Gasteiger partial charge in [0.2, 0.25) is 5.91 Å². The van der Waals surface area contributed by atoms with Gasteiger partial charge >= 0.3 is 0 Å². The van der Waals surface area contributed by atoms with E-state index in [4.69, 9.17) is 9.73 Å². The summed E-state index contributed by atoms with van der Waals surface area (Å²) in [7, 11) is 5.18. The van der Waals surface area contributed by atoms with Crippen LogP contribution >= 0.6 is 0 Å². The lowest BCUT2D eigenvalue weighted by atomic mass is 9.78. The number of nitrogens with zero attached hydrogens (tertiary/aromatic N) is 2. The molecular weight excluding hydrogens is 352 g/mol. The number of likely N-dealkylation sites (N-methyl/N-ethyl adjacent to an activating group) is 1. The molecule has 0 unspecified atom stereocenters. The van der Waals surface area contributed by atoms with Gasteiger partial charge in [-0.15, -0.1) is 0 Å². The Morgan fingerprint density at radius 1 is 1.18 bits per heavy atom. The first-order chi connectivity index (χ1) is 13.3. The third-order valence-corrected chi connectivity index (χ3v) is 5.66. The second-order valence-electron chi connectivity index (χ2n) is 8.48. The number of ether oxygens (including phenoxy) is 1. The molecular formula is C22H36N4O2. The monoisotopic (exact) mass is 388 g/mol. The topological polar surface area (TPSA) is 66.0 Å². The van der Waals surface area contributed by atoms with E-state index in [9.17, 15) is 4.79 Å². The van der Waals surface area contributed by atoms with Crippen LogP contribution in [0.15, 0.2) is 29.3 Å². The number of benzene rings is 1. The molecule has 0 saturated heterocycles. The number of guanidine groups is 1. The number of carbonyl (C=O) groups excluding carboxylic acids is 1. The van der Waals surface area contributed by atoms with Gasteiger partial charge in [-0.1, -0.05) is 38.8 Å². The first-order valence-electron chi connectivity index (χ1n) is 10.2. The molecule has 0 radical (unpaired) electrons. The summed E-state index contributed by atoms with van der Waals surface area (Å²) >= 11 is 0. The second kappa shape index (κ2) is 10.3. The van der Waals surface area contributed by atoms with Crippen molar-refractivity contribution in [3.63, 3.8) is 0 Å². The van der Waals surface area contributed by atoms with Crippen molar-refractivity contribution in [2.75, 3.05) is 34.3 Å². The normalized spacial score (nSPS) is 15.4. The minimum atomic E-state index is 0.0222. The van der Waals surface area contributed by atoms with E-state index in [0.29, 0.717) is 12.5 Å². The zero-order valence-corrected chi connectivity index (χ0v) is 18.0.